The summed E-state index contributed by atoms with van der Waals surface area (Å²) in [5.74, 6) is 0.124. The SMILES string of the molecule is CCc1cc2c(cc1-c1cnn(CC3CN(c4ccc(C(=O)C(C)C)c(C(C)=O)c4)C3)c1)C(C)(C)c1[nH]c3cc(C#N)ccc3c1C2=O. The Labute approximate surface area is 280 Å². The first-order valence-electron chi connectivity index (χ1n) is 16.7. The number of nitriles is 1. The van der Waals surface area contributed by atoms with Crippen LogP contribution < -0.4 is 4.90 Å². The van der Waals surface area contributed by atoms with Gasteiger partial charge in [-0.05, 0) is 72.5 Å². The fourth-order valence-corrected chi connectivity index (χ4v) is 7.46. The van der Waals surface area contributed by atoms with Crippen LogP contribution in [0.4, 0.5) is 5.69 Å². The maximum Gasteiger partial charge on any atom is 0.195 e. The first-order chi connectivity index (χ1) is 22.9. The van der Waals surface area contributed by atoms with Crippen molar-refractivity contribution in [3.8, 4) is 17.2 Å². The van der Waals surface area contributed by atoms with Crippen molar-refractivity contribution in [2.75, 3.05) is 18.0 Å². The molecule has 1 aliphatic carbocycles. The van der Waals surface area contributed by atoms with Gasteiger partial charge in [0.05, 0.1) is 23.4 Å². The van der Waals surface area contributed by atoms with Crippen molar-refractivity contribution in [2.24, 2.45) is 11.8 Å². The van der Waals surface area contributed by atoms with E-state index in [0.717, 1.165) is 76.2 Å². The number of carbonyl (C=O) groups is 3. The highest BCUT2D eigenvalue weighted by molar-refractivity contribution is 6.20. The molecule has 0 spiro atoms. The number of carbonyl (C=O) groups excluding carboxylic acids is 3. The minimum atomic E-state index is -0.459. The molecule has 0 amide bonds. The number of benzene rings is 3. The molecule has 3 aromatic carbocycles. The predicted octanol–water partition coefficient (Wildman–Crippen LogP) is 7.51. The van der Waals surface area contributed by atoms with Gasteiger partial charge in [-0.2, -0.15) is 10.4 Å². The van der Waals surface area contributed by atoms with Crippen LogP contribution in [0.1, 0.15) is 101 Å². The maximum atomic E-state index is 14.0. The van der Waals surface area contributed by atoms with E-state index in [4.69, 9.17) is 5.10 Å². The Morgan fingerprint density at radius 3 is 2.52 bits per heavy atom. The van der Waals surface area contributed by atoms with Gasteiger partial charge in [0, 0.05) is 87.6 Å². The van der Waals surface area contributed by atoms with Gasteiger partial charge >= 0.3 is 0 Å². The van der Waals surface area contributed by atoms with Gasteiger partial charge in [-0.1, -0.05) is 40.7 Å². The Bertz CT molecular complexity index is 2200. The van der Waals surface area contributed by atoms with E-state index in [1.165, 1.54) is 6.92 Å². The molecule has 0 saturated carbocycles. The second-order valence-corrected chi connectivity index (χ2v) is 14.1. The van der Waals surface area contributed by atoms with E-state index in [0.29, 0.717) is 28.2 Å². The molecule has 1 aliphatic heterocycles. The summed E-state index contributed by atoms with van der Waals surface area (Å²) in [5.41, 5.74) is 9.33. The number of aryl methyl sites for hydroxylation is 1. The molecule has 48 heavy (non-hydrogen) atoms. The third-order valence-corrected chi connectivity index (χ3v) is 10.2. The van der Waals surface area contributed by atoms with E-state index in [2.05, 4.69) is 55.1 Å². The number of hydrogen-bond donors (Lipinski definition) is 1. The lowest BCUT2D eigenvalue weighted by Crippen LogP contribution is -2.48. The van der Waals surface area contributed by atoms with Crippen molar-refractivity contribution in [3.63, 3.8) is 0 Å². The summed E-state index contributed by atoms with van der Waals surface area (Å²) in [6, 6.07) is 17.5. The average molecular weight is 638 g/mol. The van der Waals surface area contributed by atoms with Crippen LogP contribution in [0.15, 0.2) is 60.9 Å². The maximum absolute atomic E-state index is 14.0. The van der Waals surface area contributed by atoms with Gasteiger partial charge in [-0.15, -0.1) is 0 Å². The van der Waals surface area contributed by atoms with E-state index >= 15 is 0 Å². The third kappa shape index (κ3) is 4.96. The molecule has 1 fully saturated rings. The standard InChI is InChI=1S/C40H39N5O3/c1-7-26-13-33-34(40(5,6)39-36(38(33)48)30-10-8-24(16-41)12-35(30)43-39)15-32(26)27-17-42-45(21-27)20-25-18-44(19-25)28-9-11-29(37(47)22(2)3)31(14-28)23(4)46/h8-15,17,21-22,25,43H,7,18-20H2,1-6H3. The van der Waals surface area contributed by atoms with Crippen molar-refractivity contribution in [3.05, 3.63) is 106 Å². The second-order valence-electron chi connectivity index (χ2n) is 14.1. The van der Waals surface area contributed by atoms with Gasteiger partial charge < -0.3 is 9.88 Å². The first-order valence-corrected chi connectivity index (χ1v) is 16.7. The molecule has 1 N–H and O–H groups in total. The average Bonchev–Trinajstić information content (AvgIpc) is 3.69. The Balaban J connectivity index is 1.12. The smallest absolute Gasteiger partial charge is 0.195 e. The summed E-state index contributed by atoms with van der Waals surface area (Å²) in [7, 11) is 0. The van der Waals surface area contributed by atoms with Crippen molar-refractivity contribution in [2.45, 2.75) is 59.9 Å². The van der Waals surface area contributed by atoms with Gasteiger partial charge in [0.15, 0.2) is 17.3 Å². The predicted molar refractivity (Wildman–Crippen MR) is 187 cm³/mol. The highest BCUT2D eigenvalue weighted by Crippen LogP contribution is 2.46. The molecule has 0 radical (unpaired) electrons. The van der Waals surface area contributed by atoms with Crippen molar-refractivity contribution < 1.29 is 14.4 Å². The number of hydrogen-bond acceptors (Lipinski definition) is 6. The van der Waals surface area contributed by atoms with E-state index in [1.54, 1.807) is 12.1 Å². The molecule has 0 atom stereocenters. The number of H-pyrrole nitrogens is 1. The van der Waals surface area contributed by atoms with E-state index in [1.807, 2.05) is 49.0 Å². The summed E-state index contributed by atoms with van der Waals surface area (Å²) in [6.45, 7) is 14.1. The zero-order valence-electron chi connectivity index (χ0n) is 28.3. The molecular formula is C40H39N5O3. The molecule has 2 aromatic heterocycles. The Kier molecular flexibility index (Phi) is 7.47. The van der Waals surface area contributed by atoms with Crippen LogP contribution in [0, 0.1) is 23.2 Å². The Morgan fingerprint density at radius 2 is 1.83 bits per heavy atom. The summed E-state index contributed by atoms with van der Waals surface area (Å²) in [6.07, 6.45) is 4.78. The molecule has 5 aromatic rings. The van der Waals surface area contributed by atoms with Crippen LogP contribution >= 0.6 is 0 Å². The lowest BCUT2D eigenvalue weighted by Gasteiger charge is -2.41. The minimum absolute atomic E-state index is 0.0124. The number of rotatable bonds is 8. The van der Waals surface area contributed by atoms with Crippen LogP contribution in [0.25, 0.3) is 22.0 Å². The number of anilines is 1. The second kappa shape index (κ2) is 11.4. The molecule has 8 heteroatoms. The summed E-state index contributed by atoms with van der Waals surface area (Å²) < 4.78 is 2.00. The van der Waals surface area contributed by atoms with E-state index < -0.39 is 5.41 Å². The number of ketones is 3. The molecule has 0 unspecified atom stereocenters. The van der Waals surface area contributed by atoms with Crippen LogP contribution in [-0.4, -0.2) is 45.2 Å². The summed E-state index contributed by atoms with van der Waals surface area (Å²) in [4.78, 5) is 44.8. The van der Waals surface area contributed by atoms with Crippen molar-refractivity contribution in [1.29, 1.82) is 5.26 Å². The number of Topliss-reactive ketones (excluding diaryl/α,β-unsaturated/α-hetero) is 2. The quantitative estimate of drug-likeness (QED) is 0.176. The monoisotopic (exact) mass is 637 g/mol. The minimum Gasteiger partial charge on any atom is -0.371 e. The van der Waals surface area contributed by atoms with E-state index in [-0.39, 0.29) is 23.3 Å². The van der Waals surface area contributed by atoms with Crippen LogP contribution in [0.3, 0.4) is 0 Å². The fourth-order valence-electron chi connectivity index (χ4n) is 7.46. The van der Waals surface area contributed by atoms with Crippen LogP contribution in [0.5, 0.6) is 0 Å². The fraction of sp³-hybridized carbons (Fsp3) is 0.325. The van der Waals surface area contributed by atoms with Crippen LogP contribution in [0.2, 0.25) is 0 Å². The van der Waals surface area contributed by atoms with E-state index in [9.17, 15) is 19.6 Å². The third-order valence-electron chi connectivity index (χ3n) is 10.2. The number of aromatic amines is 1. The molecule has 242 valence electrons. The lowest BCUT2D eigenvalue weighted by molar-refractivity contribution is 0.0926. The van der Waals surface area contributed by atoms with Crippen molar-refractivity contribution in [1.82, 2.24) is 14.8 Å². The largest absolute Gasteiger partial charge is 0.371 e. The highest BCUT2D eigenvalue weighted by Gasteiger charge is 2.40. The number of fused-ring (bicyclic) bond motifs is 4. The van der Waals surface area contributed by atoms with Gasteiger partial charge in [-0.3, -0.25) is 19.1 Å². The summed E-state index contributed by atoms with van der Waals surface area (Å²) >= 11 is 0. The number of aromatic nitrogens is 3. The topological polar surface area (TPSA) is 112 Å². The molecule has 8 nitrogen and oxygen atoms in total. The van der Waals surface area contributed by atoms with Gasteiger partial charge in [-0.25, -0.2) is 0 Å². The van der Waals surface area contributed by atoms with Gasteiger partial charge in [0.25, 0.3) is 0 Å². The zero-order valence-corrected chi connectivity index (χ0v) is 28.3. The number of nitrogens with zero attached hydrogens (tertiary/aromatic N) is 4. The van der Waals surface area contributed by atoms with Gasteiger partial charge in [0.1, 0.15) is 0 Å². The van der Waals surface area contributed by atoms with Crippen molar-refractivity contribution >= 4 is 33.9 Å². The molecule has 0 bridgehead atoms. The molecule has 7 rings (SSSR count). The van der Waals surface area contributed by atoms with Crippen LogP contribution in [-0.2, 0) is 18.4 Å². The molecule has 1 saturated heterocycles. The zero-order chi connectivity index (χ0) is 34.1. The molecular weight excluding hydrogens is 598 g/mol. The summed E-state index contributed by atoms with van der Waals surface area (Å²) in [5, 5.41) is 15.0. The first kappa shape index (κ1) is 31.3. The van der Waals surface area contributed by atoms with Gasteiger partial charge in [0.2, 0.25) is 0 Å². The lowest BCUT2D eigenvalue weighted by atomic mass is 9.70. The number of nitrogens with one attached hydrogen (secondary N) is 1. The highest BCUT2D eigenvalue weighted by atomic mass is 16.1. The Morgan fingerprint density at radius 1 is 1.06 bits per heavy atom. The molecule has 2 aliphatic rings. The normalized spacial score (nSPS) is 15.3. The Hall–Kier alpha value is -5.29. The molecule has 3 heterocycles.